The average molecular weight is 567 g/mol. The van der Waals surface area contributed by atoms with E-state index < -0.39 is 17.7 Å². The van der Waals surface area contributed by atoms with Gasteiger partial charge < -0.3 is 19.5 Å². The molecule has 0 bridgehead atoms. The van der Waals surface area contributed by atoms with E-state index in [1.54, 1.807) is 20.8 Å². The van der Waals surface area contributed by atoms with Crippen LogP contribution in [0.3, 0.4) is 0 Å². The third kappa shape index (κ3) is 8.45. The predicted molar refractivity (Wildman–Crippen MR) is 160 cm³/mol. The first-order valence-electron chi connectivity index (χ1n) is 14.5. The molecule has 1 aliphatic heterocycles. The van der Waals surface area contributed by atoms with Gasteiger partial charge in [-0.1, -0.05) is 36.4 Å². The third-order valence-electron chi connectivity index (χ3n) is 7.25. The maximum atomic E-state index is 13.7. The lowest BCUT2D eigenvalue weighted by molar-refractivity contribution is -0.127. The number of fused-ring (bicyclic) bond motifs is 1. The number of carbonyl (C=O) groups excluding carboxylic acids is 2. The first-order valence-corrected chi connectivity index (χ1v) is 14.5. The van der Waals surface area contributed by atoms with E-state index in [9.17, 15) is 9.59 Å². The second-order valence-corrected chi connectivity index (χ2v) is 11.3. The molecule has 1 aliphatic rings. The average Bonchev–Trinajstić information content (AvgIpc) is 2.93. The van der Waals surface area contributed by atoms with Crippen molar-refractivity contribution in [1.29, 1.82) is 5.41 Å². The molecule has 0 spiro atoms. The smallest absolute Gasteiger partial charge is 0.411 e. The lowest BCUT2D eigenvalue weighted by atomic mass is 9.92. The maximum Gasteiger partial charge on any atom is 0.411 e. The number of carbonyl (C=O) groups is 2. The van der Waals surface area contributed by atoms with Crippen molar-refractivity contribution in [3.63, 3.8) is 0 Å². The summed E-state index contributed by atoms with van der Waals surface area (Å²) in [6, 6.07) is 15.4. The molecular formula is C32H46N4O5. The van der Waals surface area contributed by atoms with Gasteiger partial charge in [-0.05, 0) is 83.7 Å². The fourth-order valence-electron chi connectivity index (χ4n) is 5.07. The molecule has 0 saturated carbocycles. The lowest BCUT2D eigenvalue weighted by Crippen LogP contribution is -2.51. The molecule has 2 amide bonds. The summed E-state index contributed by atoms with van der Waals surface area (Å²) in [7, 11) is 0. The minimum atomic E-state index is -1.28. The van der Waals surface area contributed by atoms with Crippen LogP contribution in [0.25, 0.3) is 0 Å². The number of hydrogen-bond acceptors (Lipinski definition) is 7. The number of ether oxygens (including phenoxy) is 3. The van der Waals surface area contributed by atoms with Crippen molar-refractivity contribution in [2.24, 2.45) is 0 Å². The van der Waals surface area contributed by atoms with Crippen LogP contribution in [-0.2, 0) is 27.3 Å². The fourth-order valence-corrected chi connectivity index (χ4v) is 5.07. The molecule has 0 radical (unpaired) electrons. The van der Waals surface area contributed by atoms with Crippen molar-refractivity contribution in [3.8, 4) is 5.75 Å². The Morgan fingerprint density at radius 2 is 1.78 bits per heavy atom. The quantitative estimate of drug-likeness (QED) is 0.266. The molecule has 41 heavy (non-hydrogen) atoms. The molecule has 0 aromatic heterocycles. The topological polar surface area (TPSA) is 104 Å². The van der Waals surface area contributed by atoms with Crippen LogP contribution in [-0.4, -0.2) is 71.6 Å². The van der Waals surface area contributed by atoms with Crippen molar-refractivity contribution in [3.05, 3.63) is 65.2 Å². The highest BCUT2D eigenvalue weighted by molar-refractivity contribution is 5.89. The molecule has 3 rings (SSSR count). The maximum absolute atomic E-state index is 13.7. The Bertz CT molecular complexity index is 1170. The Hall–Kier alpha value is -3.59. The Labute approximate surface area is 244 Å². The van der Waals surface area contributed by atoms with E-state index in [0.29, 0.717) is 50.6 Å². The zero-order valence-electron chi connectivity index (χ0n) is 25.5. The summed E-state index contributed by atoms with van der Waals surface area (Å²) < 4.78 is 17.1. The van der Waals surface area contributed by atoms with E-state index in [1.165, 1.54) is 4.90 Å². The molecule has 9 heteroatoms. The van der Waals surface area contributed by atoms with E-state index in [0.717, 1.165) is 16.7 Å². The normalized spacial score (nSPS) is 15.1. The fraction of sp³-hybridized carbons (Fsp3) is 0.531. The van der Waals surface area contributed by atoms with E-state index in [2.05, 4.69) is 37.9 Å². The van der Waals surface area contributed by atoms with Crippen molar-refractivity contribution in [1.82, 2.24) is 15.1 Å². The van der Waals surface area contributed by atoms with Crippen molar-refractivity contribution in [2.45, 2.75) is 85.2 Å². The highest BCUT2D eigenvalue weighted by Crippen LogP contribution is 2.34. The summed E-state index contributed by atoms with van der Waals surface area (Å²) in [5.41, 5.74) is 1.47. The largest absolute Gasteiger partial charge is 0.489 e. The number of nitrogens with zero attached hydrogens (tertiary/aromatic N) is 2. The second-order valence-electron chi connectivity index (χ2n) is 11.3. The highest BCUT2D eigenvalue weighted by atomic mass is 16.6. The second kappa shape index (κ2) is 14.3. The van der Waals surface area contributed by atoms with Gasteiger partial charge in [0.05, 0.1) is 6.61 Å². The summed E-state index contributed by atoms with van der Waals surface area (Å²) >= 11 is 0. The van der Waals surface area contributed by atoms with Crippen LogP contribution >= 0.6 is 0 Å². The predicted octanol–water partition coefficient (Wildman–Crippen LogP) is 5.33. The first-order chi connectivity index (χ1) is 19.4. The summed E-state index contributed by atoms with van der Waals surface area (Å²) in [4.78, 5) is 30.9. The van der Waals surface area contributed by atoms with Crippen LogP contribution in [0.2, 0.25) is 0 Å². The Balaban J connectivity index is 1.83. The lowest BCUT2D eigenvalue weighted by Gasteiger charge is -2.38. The van der Waals surface area contributed by atoms with Crippen LogP contribution in [0, 0.1) is 5.41 Å². The molecule has 0 fully saturated rings. The van der Waals surface area contributed by atoms with E-state index >= 15 is 0 Å². The van der Waals surface area contributed by atoms with Gasteiger partial charge in [0.15, 0.2) is 5.60 Å². The Morgan fingerprint density at radius 1 is 1.10 bits per heavy atom. The SMILES string of the molecule is CCOC(=N)C(C)(C)OC(=O)N1CCc2cc(OCc3ccccc3)ccc2C1C(=O)NCCN(C(C)C)C(C)C. The number of nitrogens with one attached hydrogen (secondary N) is 2. The molecule has 2 aromatic carbocycles. The highest BCUT2D eigenvalue weighted by Gasteiger charge is 2.40. The molecule has 0 aliphatic carbocycles. The minimum absolute atomic E-state index is 0.144. The van der Waals surface area contributed by atoms with Gasteiger partial charge in [-0.2, -0.15) is 0 Å². The minimum Gasteiger partial charge on any atom is -0.489 e. The van der Waals surface area contributed by atoms with E-state index in [-0.39, 0.29) is 18.3 Å². The molecule has 2 aromatic rings. The van der Waals surface area contributed by atoms with Gasteiger partial charge in [0.1, 0.15) is 18.4 Å². The summed E-state index contributed by atoms with van der Waals surface area (Å²) in [5, 5.41) is 11.2. The summed E-state index contributed by atoms with van der Waals surface area (Å²) in [6.07, 6.45) is -0.130. The van der Waals surface area contributed by atoms with E-state index in [4.69, 9.17) is 19.6 Å². The molecule has 0 saturated heterocycles. The number of rotatable bonds is 12. The first kappa shape index (κ1) is 31.9. The summed E-state index contributed by atoms with van der Waals surface area (Å²) in [6.45, 7) is 15.7. The standard InChI is InChI=1S/C32H46N4O5/c1-8-39-30(33)32(6,7)41-31(38)36-18-16-25-20-26(40-21-24-12-10-9-11-13-24)14-15-27(25)28(36)29(37)34-17-19-35(22(2)3)23(4)5/h9-15,20,22-23,28,33H,8,16-19,21H2,1-7H3,(H,34,37). The third-order valence-corrected chi connectivity index (χ3v) is 7.25. The van der Waals surface area contributed by atoms with Crippen LogP contribution in [0.1, 0.15) is 71.2 Å². The molecule has 1 atom stereocenters. The van der Waals surface area contributed by atoms with Crippen LogP contribution in [0.4, 0.5) is 4.79 Å². The van der Waals surface area contributed by atoms with Gasteiger partial charge in [-0.15, -0.1) is 0 Å². The molecule has 9 nitrogen and oxygen atoms in total. The molecule has 1 heterocycles. The van der Waals surface area contributed by atoms with Crippen LogP contribution < -0.4 is 10.1 Å². The molecule has 1 unspecified atom stereocenters. The van der Waals surface area contributed by atoms with Gasteiger partial charge in [0.2, 0.25) is 11.8 Å². The number of benzene rings is 2. The molecule has 2 N–H and O–H groups in total. The number of hydrogen-bond donors (Lipinski definition) is 2. The molecule has 224 valence electrons. The monoisotopic (exact) mass is 566 g/mol. The Morgan fingerprint density at radius 3 is 2.41 bits per heavy atom. The van der Waals surface area contributed by atoms with Gasteiger partial charge in [-0.25, -0.2) is 4.79 Å². The van der Waals surface area contributed by atoms with Gasteiger partial charge in [-0.3, -0.25) is 20.0 Å². The van der Waals surface area contributed by atoms with Crippen LogP contribution in [0.5, 0.6) is 5.75 Å². The van der Waals surface area contributed by atoms with Gasteiger partial charge >= 0.3 is 6.09 Å². The zero-order chi connectivity index (χ0) is 30.2. The zero-order valence-corrected chi connectivity index (χ0v) is 25.5. The van der Waals surface area contributed by atoms with E-state index in [1.807, 2.05) is 48.5 Å². The van der Waals surface area contributed by atoms with Crippen molar-refractivity contribution >= 4 is 17.9 Å². The van der Waals surface area contributed by atoms with Crippen molar-refractivity contribution < 1.29 is 23.8 Å². The Kier molecular flexibility index (Phi) is 11.2. The number of amides is 2. The molecular weight excluding hydrogens is 520 g/mol. The van der Waals surface area contributed by atoms with Gasteiger partial charge in [0.25, 0.3) is 0 Å². The van der Waals surface area contributed by atoms with Gasteiger partial charge in [0, 0.05) is 31.7 Å². The van der Waals surface area contributed by atoms with Crippen molar-refractivity contribution in [2.75, 3.05) is 26.2 Å². The summed E-state index contributed by atoms with van der Waals surface area (Å²) in [5.74, 6) is 0.291. The van der Waals surface area contributed by atoms with Crippen LogP contribution in [0.15, 0.2) is 48.5 Å².